The van der Waals surface area contributed by atoms with Gasteiger partial charge in [-0.25, -0.2) is 0 Å². The molecular weight excluding hydrogens is 202 g/mol. The predicted molar refractivity (Wildman–Crippen MR) is 65.0 cm³/mol. The van der Waals surface area contributed by atoms with E-state index in [1.165, 1.54) is 0 Å². The first kappa shape index (κ1) is 13.5. The molecule has 0 aliphatic heterocycles. The van der Waals surface area contributed by atoms with Crippen molar-refractivity contribution in [2.45, 2.75) is 60.1 Å². The summed E-state index contributed by atoms with van der Waals surface area (Å²) in [4.78, 5) is 12.1. The van der Waals surface area contributed by atoms with Gasteiger partial charge in [-0.3, -0.25) is 4.79 Å². The summed E-state index contributed by atoms with van der Waals surface area (Å²) in [5.41, 5.74) is -0.469. The average molecular weight is 227 g/mol. The number of aliphatic hydroxyl groups excluding tert-OH is 1. The Bertz CT molecular complexity index is 289. The van der Waals surface area contributed by atoms with E-state index in [2.05, 4.69) is 33.0 Å². The van der Waals surface area contributed by atoms with Crippen LogP contribution in [0, 0.1) is 16.7 Å². The predicted octanol–water partition coefficient (Wildman–Crippen LogP) is 1.94. The molecule has 1 rings (SSSR count). The maximum Gasteiger partial charge on any atom is 0.224 e. The molecule has 0 aromatic rings. The third kappa shape index (κ3) is 1.86. The van der Waals surface area contributed by atoms with E-state index in [0.717, 1.165) is 0 Å². The molecule has 0 aromatic heterocycles. The molecule has 0 heterocycles. The zero-order valence-corrected chi connectivity index (χ0v) is 11.5. The fraction of sp³-hybridized carbons (Fsp3) is 0.923. The van der Waals surface area contributed by atoms with Gasteiger partial charge < -0.3 is 10.4 Å². The van der Waals surface area contributed by atoms with Crippen LogP contribution in [-0.2, 0) is 4.79 Å². The van der Waals surface area contributed by atoms with Gasteiger partial charge in [-0.1, -0.05) is 27.7 Å². The highest BCUT2D eigenvalue weighted by Gasteiger charge is 2.68. The summed E-state index contributed by atoms with van der Waals surface area (Å²) in [6.07, 6.45) is -0.554. The minimum atomic E-state index is -0.564. The van der Waals surface area contributed by atoms with Gasteiger partial charge in [0.2, 0.25) is 5.91 Å². The highest BCUT2D eigenvalue weighted by Crippen LogP contribution is 2.68. The van der Waals surface area contributed by atoms with E-state index in [4.69, 9.17) is 0 Å². The number of nitrogens with one attached hydrogen (secondary N) is 1. The summed E-state index contributed by atoms with van der Waals surface area (Å²) in [5, 5.41) is 12.5. The molecule has 1 unspecified atom stereocenters. The van der Waals surface area contributed by atoms with Gasteiger partial charge in [0.1, 0.15) is 0 Å². The fourth-order valence-corrected chi connectivity index (χ4v) is 2.35. The number of carbonyl (C=O) groups is 1. The van der Waals surface area contributed by atoms with Crippen LogP contribution in [0.2, 0.25) is 0 Å². The third-order valence-corrected chi connectivity index (χ3v) is 4.77. The first-order chi connectivity index (χ1) is 6.94. The molecule has 0 aromatic carbocycles. The van der Waals surface area contributed by atoms with E-state index in [-0.39, 0.29) is 22.7 Å². The molecule has 0 bridgehead atoms. The number of hydrogen-bond donors (Lipinski definition) is 2. The van der Waals surface area contributed by atoms with Gasteiger partial charge in [-0.2, -0.15) is 0 Å². The lowest BCUT2D eigenvalue weighted by Crippen LogP contribution is -2.52. The van der Waals surface area contributed by atoms with Crippen LogP contribution in [-0.4, -0.2) is 22.7 Å². The summed E-state index contributed by atoms with van der Waals surface area (Å²) in [7, 11) is 0. The Hall–Kier alpha value is -0.570. The SMILES string of the molecule is CC(O)C(C)(C)NC(=O)C1C(C)(C)C1(C)C. The van der Waals surface area contributed by atoms with Crippen molar-refractivity contribution in [3.63, 3.8) is 0 Å². The molecule has 1 aliphatic carbocycles. The summed E-state index contributed by atoms with van der Waals surface area (Å²) in [5.74, 6) is 0.0962. The van der Waals surface area contributed by atoms with Gasteiger partial charge in [0.25, 0.3) is 0 Å². The lowest BCUT2D eigenvalue weighted by molar-refractivity contribution is -0.126. The first-order valence-corrected chi connectivity index (χ1v) is 5.94. The van der Waals surface area contributed by atoms with E-state index >= 15 is 0 Å². The topological polar surface area (TPSA) is 49.3 Å². The molecule has 0 radical (unpaired) electrons. The maximum absolute atomic E-state index is 12.1. The molecule has 94 valence electrons. The molecule has 0 spiro atoms. The quantitative estimate of drug-likeness (QED) is 0.774. The number of aliphatic hydroxyl groups is 1. The molecule has 1 aliphatic rings. The normalized spacial score (nSPS) is 25.0. The lowest BCUT2D eigenvalue weighted by Gasteiger charge is -2.29. The molecule has 16 heavy (non-hydrogen) atoms. The van der Waals surface area contributed by atoms with Crippen molar-refractivity contribution < 1.29 is 9.90 Å². The molecule has 3 nitrogen and oxygen atoms in total. The molecule has 1 fully saturated rings. The Morgan fingerprint density at radius 3 is 1.88 bits per heavy atom. The zero-order valence-electron chi connectivity index (χ0n) is 11.5. The van der Waals surface area contributed by atoms with Gasteiger partial charge in [0.15, 0.2) is 0 Å². The second kappa shape index (κ2) is 3.46. The standard InChI is InChI=1S/C13H25NO2/c1-8(15)13(6,7)14-10(16)9-11(2,3)12(9,4)5/h8-9,15H,1-7H3,(H,14,16). The van der Waals surface area contributed by atoms with E-state index in [1.807, 2.05) is 13.8 Å². The van der Waals surface area contributed by atoms with Crippen LogP contribution >= 0.6 is 0 Å². The molecule has 1 atom stereocenters. The molecule has 2 N–H and O–H groups in total. The fourth-order valence-electron chi connectivity index (χ4n) is 2.35. The highest BCUT2D eigenvalue weighted by molar-refractivity contribution is 5.84. The van der Waals surface area contributed by atoms with Crippen molar-refractivity contribution in [2.24, 2.45) is 16.7 Å². The number of rotatable bonds is 3. The van der Waals surface area contributed by atoms with E-state index < -0.39 is 11.6 Å². The zero-order chi connectivity index (χ0) is 12.9. The van der Waals surface area contributed by atoms with Crippen LogP contribution in [0.1, 0.15) is 48.5 Å². The second-order valence-corrected chi connectivity index (χ2v) is 6.76. The van der Waals surface area contributed by atoms with Crippen molar-refractivity contribution in [1.82, 2.24) is 5.32 Å². The highest BCUT2D eigenvalue weighted by atomic mass is 16.3. The van der Waals surface area contributed by atoms with Gasteiger partial charge in [0.05, 0.1) is 11.6 Å². The van der Waals surface area contributed by atoms with Gasteiger partial charge >= 0.3 is 0 Å². The van der Waals surface area contributed by atoms with Crippen molar-refractivity contribution in [3.05, 3.63) is 0 Å². The third-order valence-electron chi connectivity index (χ3n) is 4.77. The van der Waals surface area contributed by atoms with E-state index in [1.54, 1.807) is 6.92 Å². The Morgan fingerprint density at radius 2 is 1.62 bits per heavy atom. The largest absolute Gasteiger partial charge is 0.391 e. The van der Waals surface area contributed by atoms with E-state index in [9.17, 15) is 9.90 Å². The molecule has 1 amide bonds. The van der Waals surface area contributed by atoms with Crippen molar-refractivity contribution in [3.8, 4) is 0 Å². The van der Waals surface area contributed by atoms with Crippen LogP contribution < -0.4 is 5.32 Å². The number of amides is 1. The van der Waals surface area contributed by atoms with Crippen LogP contribution in [0.4, 0.5) is 0 Å². The molecule has 0 saturated heterocycles. The van der Waals surface area contributed by atoms with Crippen molar-refractivity contribution in [1.29, 1.82) is 0 Å². The first-order valence-electron chi connectivity index (χ1n) is 5.94. The Morgan fingerprint density at radius 1 is 1.25 bits per heavy atom. The van der Waals surface area contributed by atoms with Crippen LogP contribution in [0.25, 0.3) is 0 Å². The smallest absolute Gasteiger partial charge is 0.224 e. The average Bonchev–Trinajstić information content (AvgIpc) is 2.40. The summed E-state index contributed by atoms with van der Waals surface area (Å²) >= 11 is 0. The lowest BCUT2D eigenvalue weighted by atomic mass is 9.98. The molecule has 3 heteroatoms. The second-order valence-electron chi connectivity index (χ2n) is 6.76. The minimum Gasteiger partial charge on any atom is -0.391 e. The number of carbonyl (C=O) groups excluding carboxylic acids is 1. The molecule has 1 saturated carbocycles. The number of hydrogen-bond acceptors (Lipinski definition) is 2. The Labute approximate surface area is 98.6 Å². The van der Waals surface area contributed by atoms with Gasteiger partial charge in [-0.15, -0.1) is 0 Å². The maximum atomic E-state index is 12.1. The summed E-state index contributed by atoms with van der Waals surface area (Å²) < 4.78 is 0. The van der Waals surface area contributed by atoms with Gasteiger partial charge in [0, 0.05) is 5.92 Å². The Kier molecular flexibility index (Phi) is 2.92. The van der Waals surface area contributed by atoms with Crippen molar-refractivity contribution >= 4 is 5.91 Å². The van der Waals surface area contributed by atoms with Crippen molar-refractivity contribution in [2.75, 3.05) is 0 Å². The van der Waals surface area contributed by atoms with Crippen LogP contribution in [0.15, 0.2) is 0 Å². The van der Waals surface area contributed by atoms with Gasteiger partial charge in [-0.05, 0) is 31.6 Å². The molecular formula is C13H25NO2. The van der Waals surface area contributed by atoms with Crippen LogP contribution in [0.5, 0.6) is 0 Å². The summed E-state index contributed by atoms with van der Waals surface area (Å²) in [6, 6.07) is 0. The Balaban J connectivity index is 2.71. The summed E-state index contributed by atoms with van der Waals surface area (Å²) in [6.45, 7) is 13.9. The van der Waals surface area contributed by atoms with Crippen LogP contribution in [0.3, 0.4) is 0 Å². The minimum absolute atomic E-state index is 0.0398. The monoisotopic (exact) mass is 227 g/mol. The van der Waals surface area contributed by atoms with E-state index in [0.29, 0.717) is 0 Å².